The van der Waals surface area contributed by atoms with Gasteiger partial charge in [0, 0.05) is 22.4 Å². The second kappa shape index (κ2) is 7.07. The standard InChI is InChI=1S/C15H19ClN2OS/c1-10(17)7-12-8-13(16)3-4-14(12)19-6-5-15-11(2)18-9-20-15/h3-4,8-10H,5-7,17H2,1-2H3. The van der Waals surface area contributed by atoms with Gasteiger partial charge in [-0.3, -0.25) is 0 Å². The van der Waals surface area contributed by atoms with Gasteiger partial charge in [0.2, 0.25) is 0 Å². The second-order valence-corrected chi connectivity index (χ2v) is 6.27. The van der Waals surface area contributed by atoms with Crippen LogP contribution < -0.4 is 10.5 Å². The van der Waals surface area contributed by atoms with E-state index in [9.17, 15) is 0 Å². The van der Waals surface area contributed by atoms with Crippen LogP contribution in [-0.4, -0.2) is 17.6 Å². The number of aromatic nitrogens is 1. The maximum absolute atomic E-state index is 6.03. The summed E-state index contributed by atoms with van der Waals surface area (Å²) in [6.45, 7) is 4.64. The molecule has 1 aromatic carbocycles. The van der Waals surface area contributed by atoms with Gasteiger partial charge in [-0.2, -0.15) is 0 Å². The van der Waals surface area contributed by atoms with Gasteiger partial charge in [0.25, 0.3) is 0 Å². The predicted molar refractivity (Wildman–Crippen MR) is 84.9 cm³/mol. The van der Waals surface area contributed by atoms with Crippen LogP contribution >= 0.6 is 22.9 Å². The first-order valence-electron chi connectivity index (χ1n) is 6.62. The Labute approximate surface area is 128 Å². The molecule has 0 aliphatic carbocycles. The first kappa shape index (κ1) is 15.3. The van der Waals surface area contributed by atoms with Crippen LogP contribution in [0.3, 0.4) is 0 Å². The van der Waals surface area contributed by atoms with Crippen molar-refractivity contribution >= 4 is 22.9 Å². The predicted octanol–water partition coefficient (Wildman–Crippen LogP) is 3.62. The minimum absolute atomic E-state index is 0.0829. The Balaban J connectivity index is 2.00. The molecule has 1 atom stereocenters. The molecule has 0 saturated carbocycles. The van der Waals surface area contributed by atoms with Crippen molar-refractivity contribution in [1.82, 2.24) is 4.98 Å². The van der Waals surface area contributed by atoms with E-state index in [2.05, 4.69) is 4.98 Å². The number of thiazole rings is 1. The molecule has 1 heterocycles. The number of rotatable bonds is 6. The van der Waals surface area contributed by atoms with E-state index in [1.807, 2.05) is 37.6 Å². The van der Waals surface area contributed by atoms with Gasteiger partial charge in [-0.05, 0) is 44.0 Å². The fraction of sp³-hybridized carbons (Fsp3) is 0.400. The molecule has 2 aromatic rings. The SMILES string of the molecule is Cc1ncsc1CCOc1ccc(Cl)cc1CC(C)N. The van der Waals surface area contributed by atoms with E-state index in [-0.39, 0.29) is 6.04 Å². The molecule has 1 aromatic heterocycles. The summed E-state index contributed by atoms with van der Waals surface area (Å²) in [5, 5.41) is 0.714. The average Bonchev–Trinajstić information content (AvgIpc) is 2.77. The highest BCUT2D eigenvalue weighted by Crippen LogP contribution is 2.24. The topological polar surface area (TPSA) is 48.1 Å². The number of nitrogens with zero attached hydrogens (tertiary/aromatic N) is 1. The van der Waals surface area contributed by atoms with Crippen molar-refractivity contribution in [2.24, 2.45) is 5.73 Å². The van der Waals surface area contributed by atoms with Gasteiger partial charge in [0.15, 0.2) is 0 Å². The van der Waals surface area contributed by atoms with E-state index in [0.29, 0.717) is 11.6 Å². The van der Waals surface area contributed by atoms with Crippen molar-refractivity contribution in [1.29, 1.82) is 0 Å². The molecule has 2 rings (SSSR count). The summed E-state index contributed by atoms with van der Waals surface area (Å²) in [5.41, 5.74) is 9.89. The molecule has 20 heavy (non-hydrogen) atoms. The van der Waals surface area contributed by atoms with Crippen LogP contribution in [0, 0.1) is 6.92 Å². The Hall–Kier alpha value is -1.10. The third kappa shape index (κ3) is 4.20. The first-order chi connectivity index (χ1) is 9.56. The molecule has 0 bridgehead atoms. The smallest absolute Gasteiger partial charge is 0.122 e. The molecule has 0 aliphatic rings. The van der Waals surface area contributed by atoms with Gasteiger partial charge in [0.1, 0.15) is 5.75 Å². The summed E-state index contributed by atoms with van der Waals surface area (Å²) in [4.78, 5) is 5.51. The number of nitrogens with two attached hydrogens (primary N) is 1. The van der Waals surface area contributed by atoms with Crippen LogP contribution in [0.4, 0.5) is 0 Å². The van der Waals surface area contributed by atoms with Crippen molar-refractivity contribution in [3.05, 3.63) is 44.9 Å². The van der Waals surface area contributed by atoms with Gasteiger partial charge >= 0.3 is 0 Å². The van der Waals surface area contributed by atoms with Crippen molar-refractivity contribution in [3.8, 4) is 5.75 Å². The Bertz CT molecular complexity index is 569. The summed E-state index contributed by atoms with van der Waals surface area (Å²) < 4.78 is 5.89. The van der Waals surface area contributed by atoms with Gasteiger partial charge < -0.3 is 10.5 Å². The molecule has 108 valence electrons. The number of hydrogen-bond acceptors (Lipinski definition) is 4. The largest absolute Gasteiger partial charge is 0.493 e. The quantitative estimate of drug-likeness (QED) is 0.886. The highest BCUT2D eigenvalue weighted by Gasteiger charge is 2.08. The summed E-state index contributed by atoms with van der Waals surface area (Å²) in [5.74, 6) is 0.869. The molecule has 5 heteroatoms. The Morgan fingerprint density at radius 2 is 2.25 bits per heavy atom. The first-order valence-corrected chi connectivity index (χ1v) is 7.88. The minimum Gasteiger partial charge on any atom is -0.493 e. The number of hydrogen-bond donors (Lipinski definition) is 1. The lowest BCUT2D eigenvalue weighted by molar-refractivity contribution is 0.318. The normalized spacial score (nSPS) is 12.4. The van der Waals surface area contributed by atoms with Gasteiger partial charge in [-0.1, -0.05) is 11.6 Å². The average molecular weight is 311 g/mol. The van der Waals surface area contributed by atoms with E-state index >= 15 is 0 Å². The molecule has 0 radical (unpaired) electrons. The maximum Gasteiger partial charge on any atom is 0.122 e. The molecule has 0 saturated heterocycles. The van der Waals surface area contributed by atoms with Crippen LogP contribution in [0.2, 0.25) is 5.02 Å². The Morgan fingerprint density at radius 1 is 1.45 bits per heavy atom. The van der Waals surface area contributed by atoms with Crippen molar-refractivity contribution in [2.45, 2.75) is 32.7 Å². The lowest BCUT2D eigenvalue weighted by atomic mass is 10.1. The molecule has 3 nitrogen and oxygen atoms in total. The number of benzene rings is 1. The van der Waals surface area contributed by atoms with Gasteiger partial charge in [-0.15, -0.1) is 11.3 Å². The molecule has 0 spiro atoms. The monoisotopic (exact) mass is 310 g/mol. The zero-order chi connectivity index (χ0) is 14.5. The lowest BCUT2D eigenvalue weighted by Gasteiger charge is -2.13. The third-order valence-corrected chi connectivity index (χ3v) is 4.23. The van der Waals surface area contributed by atoms with E-state index in [4.69, 9.17) is 22.1 Å². The number of halogens is 1. The summed E-state index contributed by atoms with van der Waals surface area (Å²) >= 11 is 7.70. The van der Waals surface area contributed by atoms with Gasteiger partial charge in [-0.25, -0.2) is 4.98 Å². The summed E-state index contributed by atoms with van der Waals surface area (Å²) in [6, 6.07) is 5.77. The van der Waals surface area contributed by atoms with Crippen molar-refractivity contribution in [2.75, 3.05) is 6.61 Å². The van der Waals surface area contributed by atoms with Gasteiger partial charge in [0.05, 0.1) is 17.8 Å². The molecule has 2 N–H and O–H groups in total. The van der Waals surface area contributed by atoms with E-state index < -0.39 is 0 Å². The molecule has 1 unspecified atom stereocenters. The van der Waals surface area contributed by atoms with E-state index in [0.717, 1.165) is 29.8 Å². The van der Waals surface area contributed by atoms with Crippen LogP contribution in [0.5, 0.6) is 5.75 Å². The highest BCUT2D eigenvalue weighted by atomic mass is 35.5. The molecule has 0 fully saturated rings. The fourth-order valence-electron chi connectivity index (χ4n) is 2.02. The third-order valence-electron chi connectivity index (χ3n) is 3.00. The van der Waals surface area contributed by atoms with E-state index in [1.165, 1.54) is 4.88 Å². The zero-order valence-electron chi connectivity index (χ0n) is 11.7. The Kier molecular flexibility index (Phi) is 5.40. The van der Waals surface area contributed by atoms with E-state index in [1.54, 1.807) is 11.3 Å². The number of aryl methyl sites for hydroxylation is 1. The van der Waals surface area contributed by atoms with Crippen molar-refractivity contribution < 1.29 is 4.74 Å². The Morgan fingerprint density at radius 3 is 2.90 bits per heavy atom. The molecular weight excluding hydrogens is 292 g/mol. The zero-order valence-corrected chi connectivity index (χ0v) is 13.3. The van der Waals surface area contributed by atoms with Crippen LogP contribution in [0.15, 0.2) is 23.7 Å². The number of ether oxygens (including phenoxy) is 1. The highest BCUT2D eigenvalue weighted by molar-refractivity contribution is 7.09. The van der Waals surface area contributed by atoms with Crippen LogP contribution in [0.25, 0.3) is 0 Å². The fourth-order valence-corrected chi connectivity index (χ4v) is 2.97. The summed E-state index contributed by atoms with van der Waals surface area (Å²) in [7, 11) is 0. The van der Waals surface area contributed by atoms with Crippen LogP contribution in [0.1, 0.15) is 23.1 Å². The second-order valence-electron chi connectivity index (χ2n) is 4.89. The molecular formula is C15H19ClN2OS. The minimum atomic E-state index is 0.0829. The van der Waals surface area contributed by atoms with Crippen molar-refractivity contribution in [3.63, 3.8) is 0 Å². The molecule has 0 aliphatic heterocycles. The maximum atomic E-state index is 6.03. The lowest BCUT2D eigenvalue weighted by Crippen LogP contribution is -2.18. The molecule has 0 amide bonds. The van der Waals surface area contributed by atoms with Crippen LogP contribution in [-0.2, 0) is 12.8 Å². The summed E-state index contributed by atoms with van der Waals surface area (Å²) in [6.07, 6.45) is 1.63.